The number of aliphatic hydroxyl groups is 1. The van der Waals surface area contributed by atoms with Gasteiger partial charge in [0.05, 0.1) is 18.9 Å². The van der Waals surface area contributed by atoms with Crippen molar-refractivity contribution in [2.75, 3.05) is 6.61 Å². The molecule has 11 nitrogen and oxygen atoms in total. The minimum atomic E-state index is -3.58. The zero-order valence-corrected chi connectivity index (χ0v) is 22.3. The van der Waals surface area contributed by atoms with Crippen LogP contribution in [0.1, 0.15) is 27.0 Å². The Labute approximate surface area is 219 Å². The molecule has 0 radical (unpaired) electrons. The number of hydrogen-bond acceptors (Lipinski definition) is 9. The normalized spacial score (nSPS) is 26.0. The summed E-state index contributed by atoms with van der Waals surface area (Å²) >= 11 is 11.4. The van der Waals surface area contributed by atoms with Crippen LogP contribution < -0.4 is 20.9 Å². The van der Waals surface area contributed by atoms with Crippen LogP contribution in [0.4, 0.5) is 8.78 Å². The number of alkyl halides is 2. The van der Waals surface area contributed by atoms with Crippen molar-refractivity contribution in [3.63, 3.8) is 0 Å². The molecule has 204 valence electrons. The number of carbonyl (C=O) groups is 1. The lowest BCUT2D eigenvalue weighted by molar-refractivity contribution is -0.149. The number of esters is 1. The summed E-state index contributed by atoms with van der Waals surface area (Å²) in [5, 5.41) is 10.1. The maximum absolute atomic E-state index is 15.3. The van der Waals surface area contributed by atoms with E-state index in [1.807, 2.05) is 0 Å². The first-order chi connectivity index (χ1) is 17.2. The molecule has 1 aliphatic rings. The zero-order chi connectivity index (χ0) is 27.5. The molecule has 1 fully saturated rings. The standard InChI is InChI=1S/C21H25ClF2N3O8PS/c1-11(2)33-18(30)12(3)26-36(37,35-13-7-5-4-6-8-13)32-10-15-16(28)21(22,24)19(34-15)27-9-14(23)17(29)25-20(27)31/h4-9,11-12,15-16,19,28H,10H2,1-3H3,(H,26,37)(H,25,29,31)/t12-,15-,16-,19-,21-,36+/m1/s1. The number of aliphatic hydroxyl groups excluding tert-OH is 1. The molecule has 3 N–H and O–H groups in total. The number of carbonyl (C=O) groups excluding carboxylic acids is 1. The number of ether oxygens (including phenoxy) is 2. The fourth-order valence-corrected chi connectivity index (χ4v) is 5.96. The Morgan fingerprint density at radius 2 is 2.00 bits per heavy atom. The van der Waals surface area contributed by atoms with Gasteiger partial charge in [0.1, 0.15) is 24.0 Å². The smallest absolute Gasteiger partial charge is 0.330 e. The summed E-state index contributed by atoms with van der Waals surface area (Å²) in [5.41, 5.74) is -2.54. The molecule has 2 heterocycles. The second-order valence-corrected chi connectivity index (χ2v) is 12.0. The number of halogens is 3. The van der Waals surface area contributed by atoms with E-state index in [4.69, 9.17) is 41.9 Å². The van der Waals surface area contributed by atoms with E-state index < -0.39 is 72.0 Å². The van der Waals surface area contributed by atoms with Gasteiger partial charge in [-0.25, -0.2) is 14.3 Å². The third-order valence-electron chi connectivity index (χ3n) is 4.99. The minimum Gasteiger partial charge on any atom is -0.462 e. The number of para-hydroxylation sites is 1. The van der Waals surface area contributed by atoms with Crippen LogP contribution in [0.25, 0.3) is 0 Å². The molecule has 0 unspecified atom stereocenters. The predicted octanol–water partition coefficient (Wildman–Crippen LogP) is 2.09. The van der Waals surface area contributed by atoms with Gasteiger partial charge < -0.3 is 23.6 Å². The molecular formula is C21H25ClF2N3O8PS. The molecule has 6 atom stereocenters. The summed E-state index contributed by atoms with van der Waals surface area (Å²) in [5.74, 6) is -1.74. The highest BCUT2D eigenvalue weighted by molar-refractivity contribution is 8.09. The van der Waals surface area contributed by atoms with Crippen LogP contribution in [-0.2, 0) is 30.6 Å². The van der Waals surface area contributed by atoms with Crippen LogP contribution in [-0.4, -0.2) is 56.7 Å². The Kier molecular flexibility index (Phi) is 9.27. The van der Waals surface area contributed by atoms with Gasteiger partial charge >= 0.3 is 18.3 Å². The summed E-state index contributed by atoms with van der Waals surface area (Å²) in [6.45, 7) is 0.619. The molecule has 2 aromatic rings. The second-order valence-electron chi connectivity index (χ2n) is 8.32. The third-order valence-corrected chi connectivity index (χ3v) is 7.90. The van der Waals surface area contributed by atoms with Crippen LogP contribution in [0, 0.1) is 5.82 Å². The van der Waals surface area contributed by atoms with Crippen LogP contribution in [0.15, 0.2) is 46.1 Å². The van der Waals surface area contributed by atoms with E-state index in [1.165, 1.54) is 6.92 Å². The van der Waals surface area contributed by atoms with Crippen LogP contribution in [0.5, 0.6) is 5.75 Å². The highest BCUT2D eigenvalue weighted by atomic mass is 35.5. The SMILES string of the molecule is CC(C)OC(=O)[C@@H](C)N[P@](=S)(OC[C@H]1O[C@@H](n2cc(F)c(=O)[nH]c2=O)[C@@](F)(Cl)[C@@H]1O)Oc1ccccc1. The van der Waals surface area contributed by atoms with Gasteiger partial charge in [-0.3, -0.25) is 19.1 Å². The lowest BCUT2D eigenvalue weighted by atomic mass is 10.1. The number of benzene rings is 1. The summed E-state index contributed by atoms with van der Waals surface area (Å²) in [7, 11) is 0. The molecule has 1 saturated heterocycles. The molecule has 0 spiro atoms. The molecule has 0 saturated carbocycles. The van der Waals surface area contributed by atoms with Gasteiger partial charge in [-0.2, -0.15) is 4.39 Å². The number of aromatic amines is 1. The number of hydrogen-bond donors (Lipinski definition) is 3. The van der Waals surface area contributed by atoms with Crippen LogP contribution in [0.3, 0.4) is 0 Å². The fourth-order valence-electron chi connectivity index (χ4n) is 3.25. The molecule has 0 bridgehead atoms. The summed E-state index contributed by atoms with van der Waals surface area (Å²) in [6, 6.07) is 7.28. The van der Waals surface area contributed by atoms with Gasteiger partial charge in [0.25, 0.3) is 10.7 Å². The second kappa shape index (κ2) is 11.7. The lowest BCUT2D eigenvalue weighted by Gasteiger charge is -2.28. The van der Waals surface area contributed by atoms with Crippen molar-refractivity contribution in [3.05, 3.63) is 63.2 Å². The van der Waals surface area contributed by atoms with Crippen LogP contribution in [0.2, 0.25) is 0 Å². The van der Waals surface area contributed by atoms with E-state index in [2.05, 4.69) is 5.09 Å². The predicted molar refractivity (Wildman–Crippen MR) is 132 cm³/mol. The van der Waals surface area contributed by atoms with E-state index in [0.29, 0.717) is 16.5 Å². The minimum absolute atomic E-state index is 0.293. The van der Waals surface area contributed by atoms with E-state index in [-0.39, 0.29) is 0 Å². The molecule has 0 aliphatic carbocycles. The Hall–Kier alpha value is -2.19. The van der Waals surface area contributed by atoms with Crippen molar-refractivity contribution >= 4 is 36.0 Å². The van der Waals surface area contributed by atoms with Crippen molar-refractivity contribution in [2.45, 2.75) is 56.5 Å². The van der Waals surface area contributed by atoms with Crippen LogP contribution >= 0.6 is 18.2 Å². The Balaban J connectivity index is 1.82. The summed E-state index contributed by atoms with van der Waals surface area (Å²) in [4.78, 5) is 37.4. The van der Waals surface area contributed by atoms with E-state index in [9.17, 15) is 23.9 Å². The molecule has 37 heavy (non-hydrogen) atoms. The molecule has 16 heteroatoms. The number of nitrogens with one attached hydrogen (secondary N) is 2. The monoisotopic (exact) mass is 583 g/mol. The fraction of sp³-hybridized carbons (Fsp3) is 0.476. The van der Waals surface area contributed by atoms with Gasteiger partial charge in [0.15, 0.2) is 6.23 Å². The average Bonchev–Trinajstić information content (AvgIpc) is 3.03. The lowest BCUT2D eigenvalue weighted by Crippen LogP contribution is -2.42. The highest BCUT2D eigenvalue weighted by Gasteiger charge is 2.58. The maximum Gasteiger partial charge on any atom is 0.330 e. The highest BCUT2D eigenvalue weighted by Crippen LogP contribution is 2.48. The van der Waals surface area contributed by atoms with Crippen molar-refractivity contribution in [1.29, 1.82) is 0 Å². The van der Waals surface area contributed by atoms with Gasteiger partial charge in [0.2, 0.25) is 5.82 Å². The zero-order valence-electron chi connectivity index (χ0n) is 19.8. The average molecular weight is 584 g/mol. The van der Waals surface area contributed by atoms with Crippen molar-refractivity contribution < 1.29 is 37.2 Å². The van der Waals surface area contributed by atoms with Gasteiger partial charge in [-0.15, -0.1) is 0 Å². The molecular weight excluding hydrogens is 559 g/mol. The quantitative estimate of drug-likeness (QED) is 0.216. The van der Waals surface area contributed by atoms with E-state index in [0.717, 1.165) is 0 Å². The molecule has 3 rings (SSSR count). The largest absolute Gasteiger partial charge is 0.462 e. The molecule has 1 aliphatic heterocycles. The Bertz CT molecular complexity index is 1280. The molecule has 1 aromatic carbocycles. The number of nitrogens with zero attached hydrogens (tertiary/aromatic N) is 1. The molecule has 1 aromatic heterocycles. The topological polar surface area (TPSA) is 141 Å². The number of rotatable bonds is 10. The van der Waals surface area contributed by atoms with Gasteiger partial charge in [-0.1, -0.05) is 29.8 Å². The van der Waals surface area contributed by atoms with Crippen molar-refractivity contribution in [1.82, 2.24) is 14.6 Å². The molecule has 0 amide bonds. The van der Waals surface area contributed by atoms with Gasteiger partial charge in [0, 0.05) is 0 Å². The number of H-pyrrole nitrogens is 1. The Morgan fingerprint density at radius 1 is 1.35 bits per heavy atom. The number of aromatic nitrogens is 2. The first-order valence-electron chi connectivity index (χ1n) is 10.9. The van der Waals surface area contributed by atoms with Crippen molar-refractivity contribution in [2.24, 2.45) is 0 Å². The Morgan fingerprint density at radius 3 is 2.62 bits per heavy atom. The van der Waals surface area contributed by atoms with E-state index >= 15 is 4.39 Å². The van der Waals surface area contributed by atoms with Gasteiger partial charge in [-0.05, 0) is 44.7 Å². The van der Waals surface area contributed by atoms with Crippen molar-refractivity contribution in [3.8, 4) is 5.75 Å². The third kappa shape index (κ3) is 7.02. The summed E-state index contributed by atoms with van der Waals surface area (Å²) < 4.78 is 51.5. The van der Waals surface area contributed by atoms with E-state index in [1.54, 1.807) is 49.2 Å². The first-order valence-corrected chi connectivity index (χ1v) is 13.9. The maximum atomic E-state index is 15.3. The first kappa shape index (κ1) is 29.4. The summed E-state index contributed by atoms with van der Waals surface area (Å²) in [6.07, 6.45) is -5.62.